The summed E-state index contributed by atoms with van der Waals surface area (Å²) in [4.78, 5) is 0. The van der Waals surface area contributed by atoms with E-state index < -0.39 is 23.3 Å². The van der Waals surface area contributed by atoms with Gasteiger partial charge in [0.15, 0.2) is 11.6 Å². The molecule has 96 valence electrons. The lowest BCUT2D eigenvalue weighted by atomic mass is 10.1. The van der Waals surface area contributed by atoms with Crippen LogP contribution in [0, 0.1) is 11.6 Å². The van der Waals surface area contributed by atoms with Crippen molar-refractivity contribution in [2.45, 2.75) is 25.6 Å². The Morgan fingerprint density at radius 3 is 2.47 bits per heavy atom. The van der Waals surface area contributed by atoms with Crippen LogP contribution in [0.4, 0.5) is 8.78 Å². The first kappa shape index (κ1) is 14.0. The first-order valence-corrected chi connectivity index (χ1v) is 5.36. The van der Waals surface area contributed by atoms with Gasteiger partial charge < -0.3 is 15.5 Å². The second-order valence-corrected chi connectivity index (χ2v) is 4.63. The minimum atomic E-state index is -0.982. The molecule has 1 unspecified atom stereocenters. The van der Waals surface area contributed by atoms with Crippen molar-refractivity contribution in [2.75, 3.05) is 13.1 Å². The molecule has 0 fully saturated rings. The van der Waals surface area contributed by atoms with Gasteiger partial charge in [-0.1, -0.05) is 6.07 Å². The lowest BCUT2D eigenvalue weighted by Crippen LogP contribution is -2.36. The largest absolute Gasteiger partial charge is 0.389 e. The van der Waals surface area contributed by atoms with Crippen molar-refractivity contribution in [3.63, 3.8) is 0 Å². The monoisotopic (exact) mass is 245 g/mol. The molecule has 3 N–H and O–H groups in total. The lowest BCUT2D eigenvalue weighted by molar-refractivity contribution is 0.0739. The highest BCUT2D eigenvalue weighted by Gasteiger charge is 2.14. The van der Waals surface area contributed by atoms with Crippen LogP contribution in [-0.2, 0) is 0 Å². The molecule has 0 aliphatic heterocycles. The van der Waals surface area contributed by atoms with Crippen LogP contribution >= 0.6 is 0 Å². The van der Waals surface area contributed by atoms with Gasteiger partial charge in [-0.2, -0.15) is 0 Å². The fraction of sp³-hybridized carbons (Fsp3) is 0.500. The number of nitrogens with one attached hydrogen (secondary N) is 1. The molecule has 0 aliphatic carbocycles. The third-order valence-corrected chi connectivity index (χ3v) is 2.22. The topological polar surface area (TPSA) is 52.5 Å². The first-order valence-electron chi connectivity index (χ1n) is 5.36. The molecule has 0 saturated carbocycles. The summed E-state index contributed by atoms with van der Waals surface area (Å²) in [6.45, 7) is 3.72. The van der Waals surface area contributed by atoms with E-state index in [4.69, 9.17) is 0 Å². The van der Waals surface area contributed by atoms with Crippen LogP contribution in [0.3, 0.4) is 0 Å². The zero-order valence-corrected chi connectivity index (χ0v) is 9.87. The summed E-state index contributed by atoms with van der Waals surface area (Å²) in [6.07, 6.45) is -0.938. The van der Waals surface area contributed by atoms with Gasteiger partial charge in [0.25, 0.3) is 0 Å². The molecule has 0 radical (unpaired) electrons. The van der Waals surface area contributed by atoms with E-state index in [-0.39, 0.29) is 6.54 Å². The summed E-state index contributed by atoms with van der Waals surface area (Å²) in [7, 11) is 0. The minimum absolute atomic E-state index is 0.162. The van der Waals surface area contributed by atoms with Gasteiger partial charge in [0, 0.05) is 13.1 Å². The molecule has 17 heavy (non-hydrogen) atoms. The van der Waals surface area contributed by atoms with Gasteiger partial charge in [0.05, 0.1) is 11.7 Å². The van der Waals surface area contributed by atoms with E-state index in [1.165, 1.54) is 6.07 Å². The maximum absolute atomic E-state index is 12.9. The fourth-order valence-electron chi connectivity index (χ4n) is 1.35. The highest BCUT2D eigenvalue weighted by molar-refractivity contribution is 5.20. The predicted molar refractivity (Wildman–Crippen MR) is 60.5 cm³/mol. The average Bonchev–Trinajstić information content (AvgIpc) is 2.20. The number of hydrogen-bond acceptors (Lipinski definition) is 3. The third-order valence-electron chi connectivity index (χ3n) is 2.22. The molecule has 0 heterocycles. The van der Waals surface area contributed by atoms with Crippen molar-refractivity contribution in [3.05, 3.63) is 35.4 Å². The van der Waals surface area contributed by atoms with Gasteiger partial charge in [0.2, 0.25) is 0 Å². The van der Waals surface area contributed by atoms with E-state index in [0.717, 1.165) is 12.1 Å². The second-order valence-electron chi connectivity index (χ2n) is 4.63. The Labute approximate surface area is 99.1 Å². The predicted octanol–water partition coefficient (Wildman–Crippen LogP) is 1.36. The molecule has 0 aliphatic rings. The Balaban J connectivity index is 2.52. The van der Waals surface area contributed by atoms with Gasteiger partial charge in [-0.25, -0.2) is 8.78 Å². The quantitative estimate of drug-likeness (QED) is 0.734. The molecule has 1 atom stereocenters. The van der Waals surface area contributed by atoms with Crippen LogP contribution in [-0.4, -0.2) is 28.9 Å². The normalized spacial score (nSPS) is 13.8. The molecule has 3 nitrogen and oxygen atoms in total. The number of aliphatic hydroxyl groups excluding tert-OH is 1. The Bertz CT molecular complexity index is 377. The zero-order valence-electron chi connectivity index (χ0n) is 9.87. The van der Waals surface area contributed by atoms with E-state index in [1.54, 1.807) is 13.8 Å². The summed E-state index contributed by atoms with van der Waals surface area (Å²) in [5.74, 6) is -1.92. The van der Waals surface area contributed by atoms with Crippen molar-refractivity contribution >= 4 is 0 Å². The molecule has 0 bridgehead atoms. The molecule has 5 heteroatoms. The van der Waals surface area contributed by atoms with E-state index in [1.807, 2.05) is 0 Å². The molecule has 0 spiro atoms. The van der Waals surface area contributed by atoms with Crippen LogP contribution < -0.4 is 5.32 Å². The summed E-state index contributed by atoms with van der Waals surface area (Å²) >= 11 is 0. The van der Waals surface area contributed by atoms with Crippen molar-refractivity contribution in [1.82, 2.24) is 5.32 Å². The summed E-state index contributed by atoms with van der Waals surface area (Å²) in [5.41, 5.74) is -0.583. The minimum Gasteiger partial charge on any atom is -0.389 e. The van der Waals surface area contributed by atoms with Crippen LogP contribution in [0.1, 0.15) is 25.5 Å². The molecule has 0 amide bonds. The molecule has 1 rings (SSSR count). The number of benzene rings is 1. The van der Waals surface area contributed by atoms with Crippen molar-refractivity contribution in [3.8, 4) is 0 Å². The number of halogens is 2. The van der Waals surface area contributed by atoms with E-state index in [2.05, 4.69) is 5.32 Å². The van der Waals surface area contributed by atoms with E-state index in [0.29, 0.717) is 12.1 Å². The van der Waals surface area contributed by atoms with Crippen LogP contribution in [0.5, 0.6) is 0 Å². The molecule has 0 saturated heterocycles. The maximum Gasteiger partial charge on any atom is 0.159 e. The third kappa shape index (κ3) is 4.77. The maximum atomic E-state index is 12.9. The Hall–Kier alpha value is -1.04. The second kappa shape index (κ2) is 5.53. The smallest absolute Gasteiger partial charge is 0.159 e. The van der Waals surface area contributed by atoms with E-state index in [9.17, 15) is 19.0 Å². The molecular formula is C12H17F2NO2. The molecular weight excluding hydrogens is 228 g/mol. The Morgan fingerprint density at radius 1 is 1.29 bits per heavy atom. The van der Waals surface area contributed by atoms with Crippen molar-refractivity contribution in [1.29, 1.82) is 0 Å². The van der Waals surface area contributed by atoms with Gasteiger partial charge in [0.1, 0.15) is 0 Å². The summed E-state index contributed by atoms with van der Waals surface area (Å²) in [5, 5.41) is 22.0. The summed E-state index contributed by atoms with van der Waals surface area (Å²) in [6, 6.07) is 3.27. The van der Waals surface area contributed by atoms with Gasteiger partial charge in [-0.15, -0.1) is 0 Å². The molecule has 0 aromatic heterocycles. The van der Waals surface area contributed by atoms with Crippen LogP contribution in [0.25, 0.3) is 0 Å². The summed E-state index contributed by atoms with van der Waals surface area (Å²) < 4.78 is 25.6. The average molecular weight is 245 g/mol. The van der Waals surface area contributed by atoms with Gasteiger partial charge in [-0.3, -0.25) is 0 Å². The van der Waals surface area contributed by atoms with E-state index >= 15 is 0 Å². The highest BCUT2D eigenvalue weighted by Crippen LogP contribution is 2.15. The number of hydrogen-bond donors (Lipinski definition) is 3. The Kier molecular flexibility index (Phi) is 4.56. The molecule has 1 aromatic carbocycles. The standard InChI is InChI=1S/C12H17F2NO2/c1-12(2,17)7-15-6-11(16)8-3-4-9(13)10(14)5-8/h3-5,11,15-17H,6-7H2,1-2H3. The fourth-order valence-corrected chi connectivity index (χ4v) is 1.35. The number of aliphatic hydroxyl groups is 2. The number of rotatable bonds is 5. The highest BCUT2D eigenvalue weighted by atomic mass is 19.2. The lowest BCUT2D eigenvalue weighted by Gasteiger charge is -2.19. The van der Waals surface area contributed by atoms with Crippen LogP contribution in [0.2, 0.25) is 0 Å². The van der Waals surface area contributed by atoms with Crippen molar-refractivity contribution < 1.29 is 19.0 Å². The van der Waals surface area contributed by atoms with Gasteiger partial charge in [-0.05, 0) is 31.5 Å². The molecule has 1 aromatic rings. The van der Waals surface area contributed by atoms with Gasteiger partial charge >= 0.3 is 0 Å². The SMILES string of the molecule is CC(C)(O)CNCC(O)c1ccc(F)c(F)c1. The van der Waals surface area contributed by atoms with Crippen LogP contribution in [0.15, 0.2) is 18.2 Å². The van der Waals surface area contributed by atoms with Crippen molar-refractivity contribution in [2.24, 2.45) is 0 Å². The first-order chi connectivity index (χ1) is 7.79. The Morgan fingerprint density at radius 2 is 1.94 bits per heavy atom. The zero-order chi connectivity index (χ0) is 13.1.